The van der Waals surface area contributed by atoms with Gasteiger partial charge in [0.05, 0.1) is 13.2 Å². The first-order valence-electron chi connectivity index (χ1n) is 7.95. The molecule has 0 aliphatic rings. The average Bonchev–Trinajstić information content (AvgIpc) is 2.65. The number of ether oxygens (including phenoxy) is 2. The van der Waals surface area contributed by atoms with Crippen molar-refractivity contribution in [2.75, 3.05) is 13.7 Å². The number of rotatable bonds is 7. The molecule has 0 fully saturated rings. The van der Waals surface area contributed by atoms with Crippen molar-refractivity contribution in [2.45, 2.75) is 13.0 Å². The molecule has 0 saturated heterocycles. The monoisotopic (exact) mass is 354 g/mol. The Balaban J connectivity index is 2.00. The molecule has 0 unspecified atom stereocenters. The second kappa shape index (κ2) is 9.23. The van der Waals surface area contributed by atoms with Gasteiger partial charge in [-0.05, 0) is 48.4 Å². The van der Waals surface area contributed by atoms with E-state index in [9.17, 15) is 9.18 Å². The number of benzene rings is 2. The first-order valence-corrected chi connectivity index (χ1v) is 7.95. The molecule has 0 radical (unpaired) electrons. The molecule has 2 aromatic rings. The Kier molecular flexibility index (Phi) is 6.75. The molecule has 0 aliphatic carbocycles. The van der Waals surface area contributed by atoms with Crippen LogP contribution in [0.5, 0.6) is 11.5 Å². The van der Waals surface area contributed by atoms with E-state index in [1.165, 1.54) is 25.3 Å². The van der Waals surface area contributed by atoms with Crippen molar-refractivity contribution in [1.82, 2.24) is 5.32 Å². The molecular formula is C20H19FN2O3. The number of hydrogen-bond acceptors (Lipinski definition) is 4. The molecule has 1 atom stereocenters. The minimum absolute atomic E-state index is 0.0742. The topological polar surface area (TPSA) is 71.3 Å². The van der Waals surface area contributed by atoms with E-state index in [2.05, 4.69) is 5.32 Å². The molecule has 5 nitrogen and oxygen atoms in total. The van der Waals surface area contributed by atoms with Gasteiger partial charge < -0.3 is 14.8 Å². The van der Waals surface area contributed by atoms with Crippen LogP contribution in [0.1, 0.15) is 24.1 Å². The quantitative estimate of drug-likeness (QED) is 0.771. The summed E-state index contributed by atoms with van der Waals surface area (Å²) < 4.78 is 23.4. The summed E-state index contributed by atoms with van der Waals surface area (Å²) >= 11 is 0. The van der Waals surface area contributed by atoms with Crippen LogP contribution in [-0.4, -0.2) is 19.6 Å². The van der Waals surface area contributed by atoms with Gasteiger partial charge in [-0.1, -0.05) is 18.2 Å². The Bertz CT molecular complexity index is 826. The van der Waals surface area contributed by atoms with Crippen LogP contribution in [0, 0.1) is 17.1 Å². The largest absolute Gasteiger partial charge is 0.493 e. The third-order valence-corrected chi connectivity index (χ3v) is 3.64. The first-order chi connectivity index (χ1) is 12.5. The summed E-state index contributed by atoms with van der Waals surface area (Å²) in [5.41, 5.74) is 1.56. The van der Waals surface area contributed by atoms with E-state index in [1.54, 1.807) is 36.4 Å². The fraction of sp³-hybridized carbons (Fsp3) is 0.200. The highest BCUT2D eigenvalue weighted by Gasteiger charge is 2.08. The van der Waals surface area contributed by atoms with Crippen molar-refractivity contribution in [3.63, 3.8) is 0 Å². The molecule has 0 heterocycles. The van der Waals surface area contributed by atoms with Gasteiger partial charge >= 0.3 is 0 Å². The molecule has 2 rings (SSSR count). The Morgan fingerprint density at radius 3 is 2.65 bits per heavy atom. The lowest BCUT2D eigenvalue weighted by Crippen LogP contribution is -2.24. The molecule has 0 spiro atoms. The van der Waals surface area contributed by atoms with Crippen molar-refractivity contribution in [3.8, 4) is 17.6 Å². The highest BCUT2D eigenvalue weighted by Crippen LogP contribution is 2.28. The van der Waals surface area contributed by atoms with E-state index in [4.69, 9.17) is 14.7 Å². The van der Waals surface area contributed by atoms with E-state index < -0.39 is 0 Å². The number of nitrogens with one attached hydrogen (secondary N) is 1. The lowest BCUT2D eigenvalue weighted by Gasteiger charge is -2.12. The maximum absolute atomic E-state index is 12.9. The number of methoxy groups -OCH3 is 1. The normalized spacial score (nSPS) is 11.6. The highest BCUT2D eigenvalue weighted by molar-refractivity contribution is 5.92. The van der Waals surface area contributed by atoms with Gasteiger partial charge in [0.1, 0.15) is 11.9 Å². The zero-order valence-electron chi connectivity index (χ0n) is 14.5. The van der Waals surface area contributed by atoms with Crippen LogP contribution in [0.4, 0.5) is 4.39 Å². The Labute approximate surface area is 151 Å². The van der Waals surface area contributed by atoms with E-state index >= 15 is 0 Å². The molecule has 2 aromatic carbocycles. The number of hydrogen-bond donors (Lipinski definition) is 1. The van der Waals surface area contributed by atoms with E-state index in [1.807, 2.05) is 13.0 Å². The fourth-order valence-electron chi connectivity index (χ4n) is 2.29. The third-order valence-electron chi connectivity index (χ3n) is 3.64. The maximum Gasteiger partial charge on any atom is 0.244 e. The lowest BCUT2D eigenvalue weighted by atomic mass is 10.1. The van der Waals surface area contributed by atoms with Crippen LogP contribution in [0.2, 0.25) is 0 Å². The van der Waals surface area contributed by atoms with Gasteiger partial charge in [0.2, 0.25) is 5.91 Å². The maximum atomic E-state index is 12.9. The van der Waals surface area contributed by atoms with Gasteiger partial charge in [0.15, 0.2) is 18.1 Å². The summed E-state index contributed by atoms with van der Waals surface area (Å²) in [7, 11) is 1.50. The number of nitriles is 1. The molecular weight excluding hydrogens is 335 g/mol. The van der Waals surface area contributed by atoms with Gasteiger partial charge in [-0.25, -0.2) is 4.39 Å². The van der Waals surface area contributed by atoms with Crippen LogP contribution in [0.3, 0.4) is 0 Å². The van der Waals surface area contributed by atoms with Gasteiger partial charge in [-0.2, -0.15) is 5.26 Å². The van der Waals surface area contributed by atoms with Gasteiger partial charge in [-0.3, -0.25) is 4.79 Å². The summed E-state index contributed by atoms with van der Waals surface area (Å²) in [5.74, 6) is 0.344. The molecule has 134 valence electrons. The Morgan fingerprint density at radius 1 is 1.27 bits per heavy atom. The van der Waals surface area contributed by atoms with E-state index in [0.717, 1.165) is 11.1 Å². The van der Waals surface area contributed by atoms with Crippen LogP contribution < -0.4 is 14.8 Å². The number of amides is 1. The number of nitrogens with zero attached hydrogens (tertiary/aromatic N) is 1. The predicted octanol–water partition coefficient (Wildman–Crippen LogP) is 3.63. The SMILES string of the molecule is COc1cc(/C=C/C(=O)N[C@H](C)c2ccc(F)cc2)ccc1OCC#N. The van der Waals surface area contributed by atoms with Gasteiger partial charge in [0.25, 0.3) is 0 Å². The summed E-state index contributed by atoms with van der Waals surface area (Å²) in [5, 5.41) is 11.4. The average molecular weight is 354 g/mol. The smallest absolute Gasteiger partial charge is 0.244 e. The molecule has 1 amide bonds. The van der Waals surface area contributed by atoms with Gasteiger partial charge in [0, 0.05) is 6.08 Å². The lowest BCUT2D eigenvalue weighted by molar-refractivity contribution is -0.117. The number of carbonyl (C=O) groups is 1. The third kappa shape index (κ3) is 5.35. The van der Waals surface area contributed by atoms with Crippen LogP contribution in [0.25, 0.3) is 6.08 Å². The highest BCUT2D eigenvalue weighted by atomic mass is 19.1. The minimum atomic E-state index is -0.316. The van der Waals surface area contributed by atoms with E-state index in [-0.39, 0.29) is 24.4 Å². The van der Waals surface area contributed by atoms with Crippen molar-refractivity contribution >= 4 is 12.0 Å². The van der Waals surface area contributed by atoms with Crippen molar-refractivity contribution in [1.29, 1.82) is 5.26 Å². The second-order valence-electron chi connectivity index (χ2n) is 5.47. The second-order valence-corrected chi connectivity index (χ2v) is 5.47. The molecule has 0 aromatic heterocycles. The summed E-state index contributed by atoms with van der Waals surface area (Å²) in [6, 6.07) is 12.8. The fourth-order valence-corrected chi connectivity index (χ4v) is 2.29. The van der Waals surface area contributed by atoms with Gasteiger partial charge in [-0.15, -0.1) is 0 Å². The predicted molar refractivity (Wildman–Crippen MR) is 96.1 cm³/mol. The van der Waals surface area contributed by atoms with Crippen molar-refractivity contribution in [2.24, 2.45) is 0 Å². The number of halogens is 1. The minimum Gasteiger partial charge on any atom is -0.493 e. The Hall–Kier alpha value is -3.33. The standard InChI is InChI=1S/C20H19FN2O3/c1-14(16-5-7-17(21)8-6-16)23-20(24)10-4-15-3-9-18(26-12-11-22)19(13-15)25-2/h3-10,13-14H,12H2,1-2H3,(H,23,24)/b10-4+/t14-/m1/s1. The van der Waals surface area contributed by atoms with Crippen molar-refractivity contribution in [3.05, 3.63) is 65.5 Å². The zero-order valence-corrected chi connectivity index (χ0v) is 14.5. The number of carbonyl (C=O) groups excluding carboxylic acids is 1. The summed E-state index contributed by atoms with van der Waals surface area (Å²) in [6.45, 7) is 1.75. The zero-order chi connectivity index (χ0) is 18.9. The van der Waals surface area contributed by atoms with Crippen LogP contribution >= 0.6 is 0 Å². The van der Waals surface area contributed by atoms with Crippen LogP contribution in [-0.2, 0) is 4.79 Å². The summed E-state index contributed by atoms with van der Waals surface area (Å²) in [4.78, 5) is 12.1. The molecule has 6 heteroatoms. The molecule has 0 aliphatic heterocycles. The van der Waals surface area contributed by atoms with Crippen LogP contribution in [0.15, 0.2) is 48.5 Å². The Morgan fingerprint density at radius 2 is 2.00 bits per heavy atom. The molecule has 26 heavy (non-hydrogen) atoms. The molecule has 0 saturated carbocycles. The summed E-state index contributed by atoms with van der Waals surface area (Å²) in [6.07, 6.45) is 3.05. The van der Waals surface area contributed by atoms with E-state index in [0.29, 0.717) is 11.5 Å². The molecule has 0 bridgehead atoms. The molecule has 1 N–H and O–H groups in total. The van der Waals surface area contributed by atoms with Crippen molar-refractivity contribution < 1.29 is 18.7 Å². The first kappa shape index (κ1) is 19.0.